The summed E-state index contributed by atoms with van der Waals surface area (Å²) in [7, 11) is 0. The van der Waals surface area contributed by atoms with E-state index in [4.69, 9.17) is 9.47 Å². The van der Waals surface area contributed by atoms with Crippen LogP contribution in [0.4, 0.5) is 0 Å². The molecule has 0 saturated carbocycles. The van der Waals surface area contributed by atoms with E-state index in [9.17, 15) is 19.8 Å². The Morgan fingerprint density at radius 2 is 1.86 bits per heavy atom. The van der Waals surface area contributed by atoms with Crippen molar-refractivity contribution in [2.45, 2.75) is 104 Å². The molecule has 7 atom stereocenters. The molecule has 4 rings (SSSR count). The Morgan fingerprint density at radius 1 is 1.14 bits per heavy atom. The first-order valence-electron chi connectivity index (χ1n) is 13.0. The number of fused-ring (bicyclic) bond motifs is 2. The van der Waals surface area contributed by atoms with Crippen molar-refractivity contribution in [3.8, 4) is 0 Å². The molecule has 2 aliphatic rings. The quantitative estimate of drug-likeness (QED) is 0.409. The van der Waals surface area contributed by atoms with Crippen molar-refractivity contribution in [3.63, 3.8) is 0 Å². The van der Waals surface area contributed by atoms with Gasteiger partial charge in [-0.25, -0.2) is 4.98 Å². The van der Waals surface area contributed by atoms with Crippen molar-refractivity contribution in [1.82, 2.24) is 4.98 Å². The maximum Gasteiger partial charge on any atom is 0.309 e. The van der Waals surface area contributed by atoms with E-state index in [0.29, 0.717) is 6.42 Å². The number of hydrogen-bond donors (Lipinski definition) is 2. The summed E-state index contributed by atoms with van der Waals surface area (Å²) in [5.74, 6) is -1.56. The van der Waals surface area contributed by atoms with Gasteiger partial charge in [-0.05, 0) is 50.3 Å². The first-order chi connectivity index (χ1) is 16.8. The number of epoxide rings is 1. The molecule has 1 aromatic carbocycles. The van der Waals surface area contributed by atoms with Crippen LogP contribution in [0.3, 0.4) is 0 Å². The summed E-state index contributed by atoms with van der Waals surface area (Å²) < 4.78 is 13.1. The summed E-state index contributed by atoms with van der Waals surface area (Å²) >= 11 is 1.62. The molecule has 3 heterocycles. The number of esters is 1. The number of Topliss-reactive ketones (excluding diaryl/α,β-unsaturated/α-hetero) is 1. The van der Waals surface area contributed by atoms with Crippen molar-refractivity contribution in [2.24, 2.45) is 17.3 Å². The van der Waals surface area contributed by atoms with Crippen LogP contribution in [0.2, 0.25) is 0 Å². The van der Waals surface area contributed by atoms with Gasteiger partial charge in [0, 0.05) is 12.3 Å². The number of ketones is 1. The topological polar surface area (TPSA) is 109 Å². The lowest BCUT2D eigenvalue weighted by molar-refractivity contribution is -0.156. The van der Waals surface area contributed by atoms with Crippen molar-refractivity contribution in [3.05, 3.63) is 28.8 Å². The molecule has 2 N–H and O–H groups in total. The highest BCUT2D eigenvalue weighted by atomic mass is 32.1. The molecule has 2 saturated heterocycles. The number of nitrogens with zero attached hydrogens (tertiary/aromatic N) is 1. The summed E-state index contributed by atoms with van der Waals surface area (Å²) in [4.78, 5) is 30.9. The minimum Gasteiger partial charge on any atom is -0.457 e. The number of benzene rings is 1. The molecule has 2 aliphatic heterocycles. The van der Waals surface area contributed by atoms with Crippen molar-refractivity contribution >= 4 is 33.3 Å². The molecule has 36 heavy (non-hydrogen) atoms. The molecule has 8 heteroatoms. The Bertz CT molecular complexity index is 1130. The lowest BCUT2D eigenvalue weighted by atomic mass is 9.73. The first-order valence-corrected chi connectivity index (χ1v) is 13.8. The lowest BCUT2D eigenvalue weighted by Gasteiger charge is -2.34. The fraction of sp³-hybridized carbons (Fsp3) is 0.679. The van der Waals surface area contributed by atoms with E-state index in [1.807, 2.05) is 32.0 Å². The molecule has 0 aliphatic carbocycles. The Morgan fingerprint density at radius 3 is 2.58 bits per heavy atom. The van der Waals surface area contributed by atoms with Crippen LogP contribution in [0, 0.1) is 24.2 Å². The van der Waals surface area contributed by atoms with Gasteiger partial charge in [-0.1, -0.05) is 40.2 Å². The standard InChI is InChI=1S/C28H39NO6S/c1-15-8-7-11-28(6)23(35-28)13-20(18-9-10-21-19(12-18)29-17(3)36-21)34-24(31)14-22(30)27(4,5)26(33)16(2)25(15)32/h9-10,12,15-16,20,22-23,25,30,32H,7-8,11,13-14H2,1-6H3/t15?,16-,20+,22+,23+,25+,28-/m1/s1. The summed E-state index contributed by atoms with van der Waals surface area (Å²) in [6.07, 6.45) is -0.0142. The fourth-order valence-corrected chi connectivity index (χ4v) is 6.29. The number of cyclic esters (lactones) is 1. The molecule has 0 bridgehead atoms. The predicted octanol–water partition coefficient (Wildman–Crippen LogP) is 4.90. The zero-order valence-corrected chi connectivity index (χ0v) is 22.9. The van der Waals surface area contributed by atoms with Gasteiger partial charge in [0.1, 0.15) is 11.9 Å². The highest BCUT2D eigenvalue weighted by Gasteiger charge is 2.53. The second kappa shape index (κ2) is 10.1. The Labute approximate surface area is 217 Å². The van der Waals surface area contributed by atoms with Crippen LogP contribution in [0.1, 0.15) is 83.4 Å². The SMILES string of the molecule is Cc1nc2cc([C@@H]3C[C@@H]4O[C@]4(C)CCCC(C)[C@H](O)[C@@H](C)C(=O)C(C)(C)[C@@H](O)CC(=O)O3)ccc2s1. The highest BCUT2D eigenvalue weighted by molar-refractivity contribution is 7.18. The molecule has 0 spiro atoms. The Hall–Kier alpha value is -1.87. The van der Waals surface area contributed by atoms with Crippen LogP contribution in [0.25, 0.3) is 10.2 Å². The number of aryl methyl sites for hydroxylation is 1. The van der Waals surface area contributed by atoms with E-state index < -0.39 is 35.6 Å². The van der Waals surface area contributed by atoms with Crippen molar-refractivity contribution in [2.75, 3.05) is 0 Å². The highest BCUT2D eigenvalue weighted by Crippen LogP contribution is 2.47. The van der Waals surface area contributed by atoms with Gasteiger partial charge in [-0.3, -0.25) is 9.59 Å². The van der Waals surface area contributed by atoms with Crippen LogP contribution in [-0.4, -0.2) is 50.9 Å². The zero-order valence-electron chi connectivity index (χ0n) is 22.1. The number of carbonyl (C=O) groups is 2. The van der Waals surface area contributed by atoms with Gasteiger partial charge in [-0.2, -0.15) is 0 Å². The first kappa shape index (κ1) is 27.2. The summed E-state index contributed by atoms with van der Waals surface area (Å²) in [6, 6.07) is 5.92. The molecule has 7 nitrogen and oxygen atoms in total. The van der Waals surface area contributed by atoms with E-state index >= 15 is 0 Å². The number of aliphatic hydroxyl groups is 2. The van der Waals surface area contributed by atoms with Gasteiger partial charge in [0.05, 0.1) is 51.0 Å². The number of hydrogen-bond acceptors (Lipinski definition) is 8. The van der Waals surface area contributed by atoms with E-state index in [1.165, 1.54) is 0 Å². The Kier molecular flexibility index (Phi) is 7.64. The zero-order chi connectivity index (χ0) is 26.4. The molecular formula is C28H39NO6S. The third-order valence-corrected chi connectivity index (χ3v) is 9.25. The van der Waals surface area contributed by atoms with Gasteiger partial charge in [0.25, 0.3) is 0 Å². The minimum absolute atomic E-state index is 0.0573. The van der Waals surface area contributed by atoms with Crippen molar-refractivity contribution < 1.29 is 29.3 Å². The maximum atomic E-state index is 13.3. The monoisotopic (exact) mass is 517 g/mol. The van der Waals surface area contributed by atoms with Gasteiger partial charge < -0.3 is 19.7 Å². The summed E-state index contributed by atoms with van der Waals surface area (Å²) in [5.41, 5.74) is 0.193. The molecule has 198 valence electrons. The molecule has 0 radical (unpaired) electrons. The smallest absolute Gasteiger partial charge is 0.309 e. The summed E-state index contributed by atoms with van der Waals surface area (Å²) in [5, 5.41) is 22.7. The molecule has 1 aromatic heterocycles. The third kappa shape index (κ3) is 5.52. The molecule has 2 fully saturated rings. The largest absolute Gasteiger partial charge is 0.457 e. The summed E-state index contributed by atoms with van der Waals surface area (Å²) in [6.45, 7) is 11.0. The number of rotatable bonds is 1. The van der Waals surface area contributed by atoms with Crippen LogP contribution in [0.15, 0.2) is 18.2 Å². The average Bonchev–Trinajstić information content (AvgIpc) is 3.28. The van der Waals surface area contributed by atoms with E-state index in [1.54, 1.807) is 32.1 Å². The van der Waals surface area contributed by atoms with E-state index in [2.05, 4.69) is 11.9 Å². The molecule has 2 aromatic rings. The second-order valence-corrected chi connectivity index (χ2v) is 12.8. The number of aromatic nitrogens is 1. The number of aliphatic hydroxyl groups excluding tert-OH is 2. The van der Waals surface area contributed by atoms with Crippen LogP contribution >= 0.6 is 11.3 Å². The second-order valence-electron chi connectivity index (χ2n) is 11.5. The third-order valence-electron chi connectivity index (χ3n) is 8.30. The fourth-order valence-electron chi connectivity index (χ4n) is 5.48. The average molecular weight is 518 g/mol. The molecular weight excluding hydrogens is 478 g/mol. The van der Waals surface area contributed by atoms with Gasteiger partial charge >= 0.3 is 5.97 Å². The number of thiazole rings is 1. The van der Waals surface area contributed by atoms with Crippen LogP contribution in [-0.2, 0) is 19.1 Å². The maximum absolute atomic E-state index is 13.3. The van der Waals surface area contributed by atoms with Gasteiger partial charge in [0.15, 0.2) is 0 Å². The van der Waals surface area contributed by atoms with E-state index in [0.717, 1.165) is 40.1 Å². The number of ether oxygens (including phenoxy) is 2. The minimum atomic E-state index is -1.23. The molecule has 1 unspecified atom stereocenters. The van der Waals surface area contributed by atoms with Crippen LogP contribution < -0.4 is 0 Å². The number of carbonyl (C=O) groups excluding carboxylic acids is 2. The predicted molar refractivity (Wildman–Crippen MR) is 139 cm³/mol. The van der Waals surface area contributed by atoms with Crippen molar-refractivity contribution in [1.29, 1.82) is 0 Å². The van der Waals surface area contributed by atoms with Gasteiger partial charge in [0.2, 0.25) is 0 Å². The Balaban J connectivity index is 1.61. The normalized spacial score (nSPS) is 36.3. The van der Waals surface area contributed by atoms with E-state index in [-0.39, 0.29) is 29.8 Å². The van der Waals surface area contributed by atoms with Crippen LogP contribution in [0.5, 0.6) is 0 Å². The molecule has 0 amide bonds. The van der Waals surface area contributed by atoms with Gasteiger partial charge in [-0.15, -0.1) is 11.3 Å². The lowest BCUT2D eigenvalue weighted by Crippen LogP contribution is -2.45.